The minimum absolute atomic E-state index is 0.0154. The van der Waals surface area contributed by atoms with E-state index in [2.05, 4.69) is 17.1 Å². The highest BCUT2D eigenvalue weighted by atomic mass is 32.2. The second-order valence-corrected chi connectivity index (χ2v) is 8.39. The number of aliphatic hydroxyl groups excluding tert-OH is 1. The molecule has 0 saturated carbocycles. The van der Waals surface area contributed by atoms with Gasteiger partial charge in [0, 0.05) is 31.7 Å². The normalized spacial score (nSPS) is 30.0. The van der Waals surface area contributed by atoms with E-state index in [0.29, 0.717) is 25.4 Å². The Bertz CT molecular complexity index is 523. The first-order valence-electron chi connectivity index (χ1n) is 9.08. The molecule has 0 aromatic heterocycles. The Morgan fingerprint density at radius 3 is 2.58 bits per heavy atom. The van der Waals surface area contributed by atoms with Gasteiger partial charge >= 0.3 is 0 Å². The third-order valence-corrected chi connectivity index (χ3v) is 6.10. The highest BCUT2D eigenvalue weighted by Gasteiger charge is 2.33. The lowest BCUT2D eigenvalue weighted by atomic mass is 10.0. The van der Waals surface area contributed by atoms with Crippen LogP contribution >= 0.6 is 11.8 Å². The number of aliphatic hydroxyl groups is 1. The first-order chi connectivity index (χ1) is 12.3. The molecule has 3 amide bonds. The number of likely N-dealkylation sites (tertiary alicyclic amines) is 2. The average Bonchev–Trinajstić information content (AvgIpc) is 2.78. The molecule has 148 valence electrons. The van der Waals surface area contributed by atoms with Crippen LogP contribution in [0.2, 0.25) is 0 Å². The van der Waals surface area contributed by atoms with Gasteiger partial charge in [-0.15, -0.1) is 11.8 Å². The molecule has 0 bridgehead atoms. The highest BCUT2D eigenvalue weighted by molar-refractivity contribution is 8.00. The van der Waals surface area contributed by atoms with Crippen molar-refractivity contribution in [1.82, 2.24) is 15.1 Å². The lowest BCUT2D eigenvalue weighted by Crippen LogP contribution is -2.41. The zero-order valence-corrected chi connectivity index (χ0v) is 16.3. The van der Waals surface area contributed by atoms with Crippen molar-refractivity contribution < 1.29 is 19.5 Å². The van der Waals surface area contributed by atoms with E-state index >= 15 is 0 Å². The maximum atomic E-state index is 12.5. The molecule has 0 aromatic rings. The topological polar surface area (TPSA) is 116 Å². The number of β-amino-alcohol motifs (C(OH)–C–C–N with tert-alkyl or cyclic N) is 1. The summed E-state index contributed by atoms with van der Waals surface area (Å²) in [6.07, 6.45) is 1.24. The van der Waals surface area contributed by atoms with Gasteiger partial charge in [0.2, 0.25) is 17.7 Å². The minimum Gasteiger partial charge on any atom is -0.391 e. The summed E-state index contributed by atoms with van der Waals surface area (Å²) in [4.78, 5) is 39.3. The van der Waals surface area contributed by atoms with Crippen LogP contribution in [-0.2, 0) is 14.4 Å². The van der Waals surface area contributed by atoms with Crippen molar-refractivity contribution in [2.24, 2.45) is 11.7 Å². The molecule has 2 aliphatic heterocycles. The molecular formula is C17H30N4O4S. The van der Waals surface area contributed by atoms with Gasteiger partial charge in [0.15, 0.2) is 0 Å². The van der Waals surface area contributed by atoms with Gasteiger partial charge in [-0.1, -0.05) is 0 Å². The SMILES string of the molecule is C[C@@H]1C[C@H](C(=O)N[C@@H]2CCN(C(=O)CSCC(N)=O)C[C@H](O)C2)CN1C. The Morgan fingerprint density at radius 2 is 1.96 bits per heavy atom. The molecule has 0 spiro atoms. The first kappa shape index (κ1) is 21.0. The van der Waals surface area contributed by atoms with Gasteiger partial charge < -0.3 is 26.0 Å². The number of hydrogen-bond donors (Lipinski definition) is 3. The van der Waals surface area contributed by atoms with Crippen molar-refractivity contribution in [1.29, 1.82) is 0 Å². The second kappa shape index (κ2) is 9.57. The van der Waals surface area contributed by atoms with E-state index in [0.717, 1.165) is 13.0 Å². The van der Waals surface area contributed by atoms with Crippen molar-refractivity contribution in [2.75, 3.05) is 38.2 Å². The zero-order valence-electron chi connectivity index (χ0n) is 15.5. The molecule has 8 nitrogen and oxygen atoms in total. The molecule has 2 saturated heterocycles. The standard InChI is InChI=1S/C17H30N4O4S/c1-11-5-12(7-20(11)2)17(25)19-13-3-4-21(8-14(22)6-13)16(24)10-26-9-15(18)23/h11-14,22H,3-10H2,1-2H3,(H2,18,23)(H,19,25)/t11-,12+,13-,14-/m1/s1. The third kappa shape index (κ3) is 6.14. The molecular weight excluding hydrogens is 356 g/mol. The smallest absolute Gasteiger partial charge is 0.232 e. The van der Waals surface area contributed by atoms with Gasteiger partial charge in [-0.25, -0.2) is 0 Å². The minimum atomic E-state index is -0.668. The van der Waals surface area contributed by atoms with E-state index in [1.54, 1.807) is 4.90 Å². The highest BCUT2D eigenvalue weighted by Crippen LogP contribution is 2.22. The predicted octanol–water partition coefficient (Wildman–Crippen LogP) is -0.987. The van der Waals surface area contributed by atoms with Crippen LogP contribution in [0.5, 0.6) is 0 Å². The van der Waals surface area contributed by atoms with Gasteiger partial charge in [0.1, 0.15) is 0 Å². The summed E-state index contributed by atoms with van der Waals surface area (Å²) >= 11 is 1.18. The Kier molecular flexibility index (Phi) is 7.72. The van der Waals surface area contributed by atoms with Gasteiger partial charge in [-0.05, 0) is 33.2 Å². The quantitative estimate of drug-likeness (QED) is 0.540. The number of thioether (sulfide) groups is 1. The summed E-state index contributed by atoms with van der Waals surface area (Å²) < 4.78 is 0. The molecule has 2 fully saturated rings. The molecule has 9 heteroatoms. The van der Waals surface area contributed by atoms with Crippen LogP contribution in [0.1, 0.15) is 26.2 Å². The van der Waals surface area contributed by atoms with Crippen molar-refractivity contribution in [2.45, 2.75) is 44.4 Å². The van der Waals surface area contributed by atoms with Crippen molar-refractivity contribution in [3.8, 4) is 0 Å². The molecule has 2 rings (SSSR count). The molecule has 2 heterocycles. The monoisotopic (exact) mass is 386 g/mol. The molecule has 2 aliphatic rings. The fraction of sp³-hybridized carbons (Fsp3) is 0.824. The number of carbonyl (C=O) groups excluding carboxylic acids is 3. The number of amides is 3. The van der Waals surface area contributed by atoms with Crippen LogP contribution in [0, 0.1) is 5.92 Å². The molecule has 0 unspecified atom stereocenters. The summed E-state index contributed by atoms with van der Waals surface area (Å²) in [5.41, 5.74) is 5.07. The molecule has 4 atom stereocenters. The maximum Gasteiger partial charge on any atom is 0.232 e. The summed E-state index contributed by atoms with van der Waals surface area (Å²) in [6.45, 7) is 3.61. The van der Waals surface area contributed by atoms with E-state index in [9.17, 15) is 19.5 Å². The zero-order chi connectivity index (χ0) is 19.3. The van der Waals surface area contributed by atoms with Gasteiger partial charge in [-0.2, -0.15) is 0 Å². The summed E-state index contributed by atoms with van der Waals surface area (Å²) in [5.74, 6) is -0.274. The van der Waals surface area contributed by atoms with Crippen molar-refractivity contribution >= 4 is 29.5 Å². The number of nitrogens with two attached hydrogens (primary N) is 1. The van der Waals surface area contributed by atoms with Crippen molar-refractivity contribution in [3.63, 3.8) is 0 Å². The van der Waals surface area contributed by atoms with Gasteiger partial charge in [0.05, 0.1) is 23.5 Å². The van der Waals surface area contributed by atoms with Crippen LogP contribution in [-0.4, -0.2) is 89.0 Å². The number of carbonyl (C=O) groups is 3. The fourth-order valence-corrected chi connectivity index (χ4v) is 4.23. The maximum absolute atomic E-state index is 12.5. The predicted molar refractivity (Wildman–Crippen MR) is 100 cm³/mol. The van der Waals surface area contributed by atoms with Gasteiger partial charge in [-0.3, -0.25) is 14.4 Å². The molecule has 0 aromatic carbocycles. The van der Waals surface area contributed by atoms with Gasteiger partial charge in [0.25, 0.3) is 0 Å². The Hall–Kier alpha value is -1.32. The first-order valence-corrected chi connectivity index (χ1v) is 10.2. The number of nitrogens with one attached hydrogen (secondary N) is 1. The summed E-state index contributed by atoms with van der Waals surface area (Å²) in [6, 6.07) is 0.270. The average molecular weight is 387 g/mol. The van der Waals surface area contributed by atoms with E-state index in [1.165, 1.54) is 11.8 Å². The number of rotatable bonds is 6. The molecule has 4 N–H and O–H groups in total. The number of primary amides is 1. The van der Waals surface area contributed by atoms with E-state index in [1.807, 2.05) is 7.05 Å². The Balaban J connectivity index is 1.81. The van der Waals surface area contributed by atoms with E-state index in [-0.39, 0.29) is 41.8 Å². The largest absolute Gasteiger partial charge is 0.391 e. The summed E-state index contributed by atoms with van der Waals surface area (Å²) in [7, 11) is 2.02. The van der Waals surface area contributed by atoms with Crippen molar-refractivity contribution in [3.05, 3.63) is 0 Å². The fourth-order valence-electron chi connectivity index (χ4n) is 3.57. The number of hydrogen-bond acceptors (Lipinski definition) is 6. The lowest BCUT2D eigenvalue weighted by Gasteiger charge is -2.21. The Morgan fingerprint density at radius 1 is 1.23 bits per heavy atom. The molecule has 0 aliphatic carbocycles. The van der Waals surface area contributed by atoms with Crippen LogP contribution in [0.3, 0.4) is 0 Å². The lowest BCUT2D eigenvalue weighted by molar-refractivity contribution is -0.129. The number of nitrogens with zero attached hydrogens (tertiary/aromatic N) is 2. The van der Waals surface area contributed by atoms with E-state index < -0.39 is 12.0 Å². The summed E-state index contributed by atoms with van der Waals surface area (Å²) in [5, 5.41) is 13.3. The van der Waals surface area contributed by atoms with Crippen LogP contribution < -0.4 is 11.1 Å². The molecule has 0 radical (unpaired) electrons. The molecule has 26 heavy (non-hydrogen) atoms. The second-order valence-electron chi connectivity index (χ2n) is 7.40. The Labute approximate surface area is 158 Å². The van der Waals surface area contributed by atoms with Crippen LogP contribution in [0.15, 0.2) is 0 Å². The van der Waals surface area contributed by atoms with Crippen LogP contribution in [0.25, 0.3) is 0 Å². The third-order valence-electron chi connectivity index (χ3n) is 5.16. The van der Waals surface area contributed by atoms with Crippen LogP contribution in [0.4, 0.5) is 0 Å². The van der Waals surface area contributed by atoms with E-state index in [4.69, 9.17) is 5.73 Å².